The summed E-state index contributed by atoms with van der Waals surface area (Å²) in [6.07, 6.45) is -5.15. The number of hydrogen-bond donors (Lipinski definition) is 1. The molecule has 0 saturated heterocycles. The van der Waals surface area contributed by atoms with Crippen molar-refractivity contribution in [2.75, 3.05) is 0 Å². The third-order valence-electron chi connectivity index (χ3n) is 3.07. The molecule has 5 nitrogen and oxygen atoms in total. The number of carboxylic acids is 1. The molecule has 1 N–H and O–H groups in total. The van der Waals surface area contributed by atoms with Gasteiger partial charge in [-0.3, -0.25) is 14.2 Å². The minimum Gasteiger partial charge on any atom is -0.481 e. The summed E-state index contributed by atoms with van der Waals surface area (Å²) in [5.74, 6) is -1.25. The molecule has 2 aromatic rings. The van der Waals surface area contributed by atoms with Gasteiger partial charge in [0.1, 0.15) is 9.39 Å². The van der Waals surface area contributed by atoms with Crippen LogP contribution in [0.2, 0.25) is 0 Å². The minimum atomic E-state index is -4.54. The first-order chi connectivity index (χ1) is 10.6. The van der Waals surface area contributed by atoms with E-state index < -0.39 is 29.7 Å². The second-order valence-electron chi connectivity index (χ2n) is 4.69. The van der Waals surface area contributed by atoms with Gasteiger partial charge in [0.25, 0.3) is 5.56 Å². The molecule has 1 aromatic carbocycles. The number of carbonyl (C=O) groups is 1. The molecule has 0 bridgehead atoms. The SMILES string of the molecule is Cc1c(I)nc(CC(=O)O)c(=O)n1-c1cccc(C(F)(F)F)c1. The lowest BCUT2D eigenvalue weighted by Gasteiger charge is -2.14. The lowest BCUT2D eigenvalue weighted by atomic mass is 10.2. The Hall–Kier alpha value is -1.91. The maximum Gasteiger partial charge on any atom is 0.416 e. The van der Waals surface area contributed by atoms with Crippen molar-refractivity contribution >= 4 is 28.6 Å². The van der Waals surface area contributed by atoms with Crippen molar-refractivity contribution in [1.29, 1.82) is 0 Å². The van der Waals surface area contributed by atoms with Crippen LogP contribution in [0.3, 0.4) is 0 Å². The first-order valence-corrected chi connectivity index (χ1v) is 7.36. The number of hydrogen-bond acceptors (Lipinski definition) is 3. The van der Waals surface area contributed by atoms with Crippen molar-refractivity contribution in [3.8, 4) is 5.69 Å². The Balaban J connectivity index is 2.71. The number of alkyl halides is 3. The quantitative estimate of drug-likeness (QED) is 0.749. The predicted molar refractivity (Wildman–Crippen MR) is 83.6 cm³/mol. The third-order valence-corrected chi connectivity index (χ3v) is 4.09. The summed E-state index contributed by atoms with van der Waals surface area (Å²) >= 11 is 1.80. The van der Waals surface area contributed by atoms with Gasteiger partial charge < -0.3 is 5.11 Å². The van der Waals surface area contributed by atoms with Crippen molar-refractivity contribution in [3.05, 3.63) is 55.3 Å². The molecule has 0 radical (unpaired) electrons. The second kappa shape index (κ2) is 6.30. The molecular formula is C14H10F3IN2O3. The zero-order valence-corrected chi connectivity index (χ0v) is 13.8. The number of halogens is 4. The predicted octanol–water partition coefficient (Wildman–Crippen LogP) is 2.79. The first-order valence-electron chi connectivity index (χ1n) is 6.28. The molecule has 0 amide bonds. The molecule has 0 saturated carbocycles. The van der Waals surface area contributed by atoms with Crippen LogP contribution in [-0.4, -0.2) is 20.6 Å². The van der Waals surface area contributed by atoms with Crippen LogP contribution in [-0.2, 0) is 17.4 Å². The van der Waals surface area contributed by atoms with Crippen molar-refractivity contribution in [3.63, 3.8) is 0 Å². The number of nitrogens with zero attached hydrogens (tertiary/aromatic N) is 2. The fraction of sp³-hybridized carbons (Fsp3) is 0.214. The Labute approximate surface area is 141 Å². The summed E-state index contributed by atoms with van der Waals surface area (Å²) in [4.78, 5) is 27.1. The van der Waals surface area contributed by atoms with E-state index >= 15 is 0 Å². The summed E-state index contributed by atoms with van der Waals surface area (Å²) in [5.41, 5.74) is -1.53. The van der Waals surface area contributed by atoms with Gasteiger partial charge in [-0.15, -0.1) is 0 Å². The molecule has 0 fully saturated rings. The zero-order valence-electron chi connectivity index (χ0n) is 11.7. The summed E-state index contributed by atoms with van der Waals surface area (Å²) in [7, 11) is 0. The van der Waals surface area contributed by atoms with Gasteiger partial charge in [-0.25, -0.2) is 4.98 Å². The van der Waals surface area contributed by atoms with Crippen molar-refractivity contribution < 1.29 is 23.1 Å². The van der Waals surface area contributed by atoms with Crippen LogP contribution in [0.4, 0.5) is 13.2 Å². The number of aromatic nitrogens is 2. The van der Waals surface area contributed by atoms with E-state index in [4.69, 9.17) is 5.11 Å². The molecule has 2 rings (SSSR count). The summed E-state index contributed by atoms with van der Waals surface area (Å²) in [5, 5.41) is 8.82. The number of carboxylic acid groups (broad SMARTS) is 1. The van der Waals surface area contributed by atoms with E-state index in [1.165, 1.54) is 19.1 Å². The normalized spacial score (nSPS) is 11.5. The van der Waals surface area contributed by atoms with Gasteiger partial charge in [0.15, 0.2) is 0 Å². The van der Waals surface area contributed by atoms with Gasteiger partial charge in [0.05, 0.1) is 17.7 Å². The molecule has 0 aliphatic carbocycles. The van der Waals surface area contributed by atoms with E-state index in [1.807, 2.05) is 0 Å². The lowest BCUT2D eigenvalue weighted by Crippen LogP contribution is -2.29. The molecule has 0 spiro atoms. The van der Waals surface area contributed by atoms with Crippen LogP contribution >= 0.6 is 22.6 Å². The average Bonchev–Trinajstić information content (AvgIpc) is 2.44. The van der Waals surface area contributed by atoms with Crippen molar-refractivity contribution in [2.45, 2.75) is 19.5 Å². The van der Waals surface area contributed by atoms with Crippen LogP contribution in [0.1, 0.15) is 17.0 Å². The highest BCUT2D eigenvalue weighted by Crippen LogP contribution is 2.30. The Morgan fingerprint density at radius 3 is 2.61 bits per heavy atom. The summed E-state index contributed by atoms with van der Waals surface area (Å²) in [6, 6.07) is 4.28. The van der Waals surface area contributed by atoms with Crippen LogP contribution < -0.4 is 5.56 Å². The van der Waals surface area contributed by atoms with E-state index in [-0.39, 0.29) is 11.4 Å². The molecule has 1 aromatic heterocycles. The molecule has 122 valence electrons. The maximum atomic E-state index is 12.8. The number of rotatable bonds is 3. The maximum absolute atomic E-state index is 12.8. The van der Waals surface area contributed by atoms with Gasteiger partial charge >= 0.3 is 12.1 Å². The van der Waals surface area contributed by atoms with E-state index in [9.17, 15) is 22.8 Å². The zero-order chi connectivity index (χ0) is 17.4. The third kappa shape index (κ3) is 3.71. The Morgan fingerprint density at radius 1 is 1.39 bits per heavy atom. The van der Waals surface area contributed by atoms with Crippen molar-refractivity contribution in [2.24, 2.45) is 0 Å². The Morgan fingerprint density at radius 2 is 2.04 bits per heavy atom. The molecule has 1 heterocycles. The molecular weight excluding hydrogens is 428 g/mol. The summed E-state index contributed by atoms with van der Waals surface area (Å²) < 4.78 is 39.9. The monoisotopic (exact) mass is 438 g/mol. The van der Waals surface area contributed by atoms with Gasteiger partial charge in [-0.05, 0) is 47.7 Å². The standard InChI is InChI=1S/C14H10F3IN2O3/c1-7-12(18)19-10(6-11(21)22)13(23)20(7)9-4-2-3-8(5-9)14(15,16)17/h2-5H,6H2,1H3,(H,21,22). The van der Waals surface area contributed by atoms with Crippen LogP contribution in [0.25, 0.3) is 5.69 Å². The van der Waals surface area contributed by atoms with Gasteiger partial charge in [-0.2, -0.15) is 13.2 Å². The van der Waals surface area contributed by atoms with E-state index in [0.717, 1.165) is 16.7 Å². The first kappa shape index (κ1) is 17.4. The smallest absolute Gasteiger partial charge is 0.416 e. The van der Waals surface area contributed by atoms with E-state index in [0.29, 0.717) is 9.39 Å². The highest BCUT2D eigenvalue weighted by molar-refractivity contribution is 14.1. The Bertz CT molecular complexity index is 831. The lowest BCUT2D eigenvalue weighted by molar-refractivity contribution is -0.138. The molecule has 9 heteroatoms. The van der Waals surface area contributed by atoms with Crippen LogP contribution in [0.5, 0.6) is 0 Å². The highest BCUT2D eigenvalue weighted by Gasteiger charge is 2.30. The summed E-state index contributed by atoms with van der Waals surface area (Å²) in [6.45, 7) is 1.53. The molecule has 0 aliphatic rings. The number of aliphatic carboxylic acids is 1. The van der Waals surface area contributed by atoms with Crippen LogP contribution in [0.15, 0.2) is 29.1 Å². The van der Waals surface area contributed by atoms with Crippen LogP contribution in [0, 0.1) is 10.6 Å². The van der Waals surface area contributed by atoms with Crippen molar-refractivity contribution in [1.82, 2.24) is 9.55 Å². The second-order valence-corrected chi connectivity index (χ2v) is 5.72. The molecule has 0 aliphatic heterocycles. The largest absolute Gasteiger partial charge is 0.481 e. The molecule has 0 atom stereocenters. The molecule has 23 heavy (non-hydrogen) atoms. The minimum absolute atomic E-state index is 0.00859. The molecule has 0 unspecified atom stereocenters. The fourth-order valence-electron chi connectivity index (χ4n) is 2.01. The van der Waals surface area contributed by atoms with Gasteiger partial charge in [-0.1, -0.05) is 6.07 Å². The topological polar surface area (TPSA) is 72.2 Å². The number of benzene rings is 1. The average molecular weight is 438 g/mol. The van der Waals surface area contributed by atoms with Gasteiger partial charge in [0, 0.05) is 5.69 Å². The fourth-order valence-corrected chi connectivity index (χ4v) is 2.54. The van der Waals surface area contributed by atoms with E-state index in [2.05, 4.69) is 4.98 Å². The van der Waals surface area contributed by atoms with Gasteiger partial charge in [0.2, 0.25) is 0 Å². The highest BCUT2D eigenvalue weighted by atomic mass is 127. The Kier molecular flexibility index (Phi) is 4.78. The van der Waals surface area contributed by atoms with E-state index in [1.54, 1.807) is 22.6 Å².